The molecule has 0 aromatic heterocycles. The molecule has 1 aliphatic rings. The molecule has 0 aromatic carbocycles. The van der Waals surface area contributed by atoms with Crippen LogP contribution in [0.1, 0.15) is 0 Å². The van der Waals surface area contributed by atoms with Gasteiger partial charge in [-0.1, -0.05) is 0 Å². The molecule has 0 atom stereocenters. The van der Waals surface area contributed by atoms with E-state index >= 15 is 0 Å². The average Bonchev–Trinajstić information content (AvgIpc) is 1.88. The van der Waals surface area contributed by atoms with Gasteiger partial charge in [-0.15, -0.1) is 0 Å². The van der Waals surface area contributed by atoms with E-state index in [9.17, 15) is 0 Å². The van der Waals surface area contributed by atoms with Crippen molar-refractivity contribution in [2.45, 2.75) is 5.02 Å². The second kappa shape index (κ2) is 1.50. The molecule has 0 spiro atoms. The van der Waals surface area contributed by atoms with Crippen LogP contribution in [0, 0.1) is 0 Å². The van der Waals surface area contributed by atoms with Crippen LogP contribution in [0.5, 0.6) is 0 Å². The van der Waals surface area contributed by atoms with Crippen molar-refractivity contribution in [2.75, 3.05) is 0 Å². The largest absolute Gasteiger partial charge is 0.298 e. The number of nitrogens with two attached hydrogens (primary N) is 4. The molecule has 0 aromatic rings. The van der Waals surface area contributed by atoms with Crippen LogP contribution in [-0.4, -0.2) is 15.3 Å². The number of rotatable bonds is 0. The molecule has 3 radical (unpaired) electrons. The molecule has 7 heteroatoms. The summed E-state index contributed by atoms with van der Waals surface area (Å²) in [6, 6.07) is 0. The molecule has 0 aliphatic carbocycles. The third-order valence-corrected chi connectivity index (χ3v) is 14.0. The van der Waals surface area contributed by atoms with E-state index in [0.717, 1.165) is 0 Å². The Hall–Kier alpha value is 0.917. The minimum Gasteiger partial charge on any atom is -0.298 e. The molecule has 1 heterocycles. The van der Waals surface area contributed by atoms with Gasteiger partial charge in [-0.25, -0.2) is 0 Å². The highest BCUT2D eigenvalue weighted by molar-refractivity contribution is 8.34. The lowest BCUT2D eigenvalue weighted by molar-refractivity contribution is 1.69. The van der Waals surface area contributed by atoms with Gasteiger partial charge in [0, 0.05) is 29.0 Å². The van der Waals surface area contributed by atoms with E-state index < -0.39 is 13.7 Å². The van der Waals surface area contributed by atoms with Crippen molar-refractivity contribution in [1.82, 2.24) is 0 Å². The van der Waals surface area contributed by atoms with Crippen LogP contribution >= 0.6 is 13.7 Å². The summed E-state index contributed by atoms with van der Waals surface area (Å²) in [6.45, 7) is -3.71. The lowest BCUT2D eigenvalue weighted by Gasteiger charge is -1.91. The predicted molar refractivity (Wildman–Crippen MR) is 40.1 cm³/mol. The van der Waals surface area contributed by atoms with Gasteiger partial charge in [0.15, 0.2) is 0 Å². The maximum absolute atomic E-state index is 5.53. The molecule has 0 fully saturated rings. The SMILES string of the molecule is NP1(N)=P(N)(N)C1[Si]. The maximum Gasteiger partial charge on any atom is 0.0465 e. The van der Waals surface area contributed by atoms with E-state index in [0.29, 0.717) is 0 Å². The second-order valence-electron chi connectivity index (χ2n) is 1.96. The average molecular weight is 167 g/mol. The molecule has 0 saturated carbocycles. The first-order valence-corrected chi connectivity index (χ1v) is 7.31. The van der Waals surface area contributed by atoms with E-state index in [4.69, 9.17) is 22.0 Å². The van der Waals surface area contributed by atoms with Crippen molar-refractivity contribution in [2.24, 2.45) is 22.0 Å². The topological polar surface area (TPSA) is 104 Å². The summed E-state index contributed by atoms with van der Waals surface area (Å²) in [5, 5.41) is 0.0509. The Balaban J connectivity index is 3.03. The van der Waals surface area contributed by atoms with Gasteiger partial charge in [-0.05, 0) is 0 Å². The lowest BCUT2D eigenvalue weighted by atomic mass is 11.8. The smallest absolute Gasteiger partial charge is 0.0465 e. The highest BCUT2D eigenvalue weighted by Crippen LogP contribution is 2.83. The van der Waals surface area contributed by atoms with Gasteiger partial charge < -0.3 is 0 Å². The molecule has 0 unspecified atom stereocenters. The van der Waals surface area contributed by atoms with Gasteiger partial charge in [-0.2, -0.15) is 0 Å². The Morgan fingerprint density at radius 3 is 1.12 bits per heavy atom. The van der Waals surface area contributed by atoms with Crippen molar-refractivity contribution in [1.29, 1.82) is 0 Å². The van der Waals surface area contributed by atoms with Gasteiger partial charge in [-0.3, -0.25) is 22.0 Å². The Morgan fingerprint density at radius 2 is 1.12 bits per heavy atom. The van der Waals surface area contributed by atoms with E-state index in [1.54, 1.807) is 0 Å². The van der Waals surface area contributed by atoms with Gasteiger partial charge in [0.05, 0.1) is 0 Å². The Kier molecular flexibility index (Phi) is 1.31. The van der Waals surface area contributed by atoms with Crippen molar-refractivity contribution in [3.8, 4) is 0 Å². The first-order valence-electron chi connectivity index (χ1n) is 2.04. The zero-order valence-corrected chi connectivity index (χ0v) is 7.07. The van der Waals surface area contributed by atoms with Crippen LogP contribution in [-0.2, 0) is 0 Å². The summed E-state index contributed by atoms with van der Waals surface area (Å²) >= 11 is 0. The van der Waals surface area contributed by atoms with Gasteiger partial charge in [0.2, 0.25) is 0 Å². The van der Waals surface area contributed by atoms with Crippen LogP contribution in [0.25, 0.3) is 0 Å². The van der Waals surface area contributed by atoms with E-state index in [1.807, 2.05) is 0 Å². The summed E-state index contributed by atoms with van der Waals surface area (Å²) in [7, 11) is 3.27. The predicted octanol–water partition coefficient (Wildman–Crippen LogP) is -1.10. The van der Waals surface area contributed by atoms with Crippen LogP contribution in [0.4, 0.5) is 0 Å². The second-order valence-corrected chi connectivity index (χ2v) is 12.3. The van der Waals surface area contributed by atoms with Crippen LogP contribution in [0.2, 0.25) is 0 Å². The fourth-order valence-corrected chi connectivity index (χ4v) is 9.11. The van der Waals surface area contributed by atoms with Gasteiger partial charge in [0.25, 0.3) is 0 Å². The summed E-state index contributed by atoms with van der Waals surface area (Å²) in [5.41, 5.74) is 22.1. The zero-order chi connectivity index (χ0) is 6.58. The molecule has 47 valence electrons. The minimum absolute atomic E-state index is 0.0509. The highest BCUT2D eigenvalue weighted by atomic mass is 31.9. The minimum atomic E-state index is -1.85. The number of hydrogen-bond donors (Lipinski definition) is 4. The molecule has 4 nitrogen and oxygen atoms in total. The quantitative estimate of drug-likeness (QED) is 0.271. The molecule has 0 bridgehead atoms. The molecular weight excluding hydrogens is 158 g/mol. The van der Waals surface area contributed by atoms with Crippen molar-refractivity contribution >= 4 is 23.9 Å². The first-order chi connectivity index (χ1) is 3.40. The third-order valence-electron chi connectivity index (χ3n) is 1.33. The van der Waals surface area contributed by atoms with E-state index in [-0.39, 0.29) is 5.02 Å². The van der Waals surface area contributed by atoms with Gasteiger partial charge in [0.1, 0.15) is 0 Å². The fraction of sp³-hybridized carbons (Fsp3) is 1.00. The maximum atomic E-state index is 5.53. The van der Waals surface area contributed by atoms with Gasteiger partial charge >= 0.3 is 0 Å². The summed E-state index contributed by atoms with van der Waals surface area (Å²) in [5.74, 6) is 0. The molecule has 0 saturated heterocycles. The van der Waals surface area contributed by atoms with Crippen molar-refractivity contribution < 1.29 is 0 Å². The molecule has 8 N–H and O–H groups in total. The summed E-state index contributed by atoms with van der Waals surface area (Å²) in [6.07, 6.45) is 0. The molecule has 1 rings (SSSR count). The van der Waals surface area contributed by atoms with E-state index in [2.05, 4.69) is 10.2 Å². The highest BCUT2D eigenvalue weighted by Gasteiger charge is 2.46. The molecule has 0 amide bonds. The summed E-state index contributed by atoms with van der Waals surface area (Å²) < 4.78 is 0. The molecule has 8 heavy (non-hydrogen) atoms. The standard InChI is InChI=1S/CH9N4P2Si/c2-6(3)1(8)7(6,4)5/h1H,2-5H2. The first kappa shape index (κ1) is 7.03. The Labute approximate surface area is 51.7 Å². The zero-order valence-electron chi connectivity index (χ0n) is 4.28. The Bertz CT molecular complexity index is 166. The lowest BCUT2D eigenvalue weighted by Crippen LogP contribution is -2.03. The molecule has 1 aliphatic heterocycles. The molecular formula is CH9N4P2Si. The fourth-order valence-electron chi connectivity index (χ4n) is 0.440. The third kappa shape index (κ3) is 0.610. The van der Waals surface area contributed by atoms with Crippen LogP contribution in [0.15, 0.2) is 0 Å². The Morgan fingerprint density at radius 1 is 1.00 bits per heavy atom. The van der Waals surface area contributed by atoms with E-state index in [1.165, 1.54) is 0 Å². The summed E-state index contributed by atoms with van der Waals surface area (Å²) in [4.78, 5) is 0. The van der Waals surface area contributed by atoms with Crippen molar-refractivity contribution in [3.05, 3.63) is 0 Å². The normalized spacial score (nSPS) is 32.6. The van der Waals surface area contributed by atoms with Crippen molar-refractivity contribution in [3.63, 3.8) is 0 Å². The monoisotopic (exact) mass is 167 g/mol. The van der Waals surface area contributed by atoms with Crippen LogP contribution < -0.4 is 22.0 Å². The number of hydrogen-bond acceptors (Lipinski definition) is 4. The van der Waals surface area contributed by atoms with Crippen LogP contribution in [0.3, 0.4) is 0 Å².